The van der Waals surface area contributed by atoms with Crippen LogP contribution in [0.2, 0.25) is 0 Å². The van der Waals surface area contributed by atoms with Crippen LogP contribution < -0.4 is 10.6 Å². The molecule has 0 spiro atoms. The van der Waals surface area contributed by atoms with Crippen molar-refractivity contribution < 1.29 is 9.47 Å². The van der Waals surface area contributed by atoms with E-state index in [-0.39, 0.29) is 29.6 Å². The SMILES string of the molecule is CCCCOCCNC(=NCC1(C)CCCO1)NCC.I. The van der Waals surface area contributed by atoms with E-state index in [0.29, 0.717) is 6.54 Å². The van der Waals surface area contributed by atoms with Crippen LogP contribution in [0.25, 0.3) is 0 Å². The second-order valence-electron chi connectivity index (χ2n) is 5.49. The molecule has 0 aromatic rings. The minimum absolute atomic E-state index is 0. The van der Waals surface area contributed by atoms with Crippen molar-refractivity contribution >= 4 is 29.9 Å². The highest BCUT2D eigenvalue weighted by Crippen LogP contribution is 2.24. The fourth-order valence-corrected chi connectivity index (χ4v) is 2.14. The molecule has 1 atom stereocenters. The fourth-order valence-electron chi connectivity index (χ4n) is 2.14. The van der Waals surface area contributed by atoms with Gasteiger partial charge in [0.2, 0.25) is 0 Å². The summed E-state index contributed by atoms with van der Waals surface area (Å²) in [6, 6.07) is 0. The Morgan fingerprint density at radius 2 is 2.10 bits per heavy atom. The summed E-state index contributed by atoms with van der Waals surface area (Å²) in [5.74, 6) is 0.850. The van der Waals surface area contributed by atoms with E-state index >= 15 is 0 Å². The first-order valence-corrected chi connectivity index (χ1v) is 7.94. The van der Waals surface area contributed by atoms with Gasteiger partial charge in [-0.2, -0.15) is 0 Å². The summed E-state index contributed by atoms with van der Waals surface area (Å²) in [6.07, 6.45) is 4.54. The van der Waals surface area contributed by atoms with Crippen LogP contribution in [0, 0.1) is 0 Å². The third-order valence-corrected chi connectivity index (χ3v) is 3.40. The van der Waals surface area contributed by atoms with Crippen molar-refractivity contribution in [3.05, 3.63) is 0 Å². The number of unbranched alkanes of at least 4 members (excludes halogenated alkanes) is 1. The molecule has 2 N–H and O–H groups in total. The molecule has 1 rings (SSSR count). The molecule has 1 unspecified atom stereocenters. The second kappa shape index (κ2) is 12.5. The Morgan fingerprint density at radius 1 is 1.29 bits per heavy atom. The molecular formula is C15H32IN3O2. The van der Waals surface area contributed by atoms with Gasteiger partial charge >= 0.3 is 0 Å². The molecule has 5 nitrogen and oxygen atoms in total. The van der Waals surface area contributed by atoms with Gasteiger partial charge in [-0.15, -0.1) is 24.0 Å². The third kappa shape index (κ3) is 9.52. The standard InChI is InChI=1S/C15H31N3O2.HI/c1-4-6-10-19-12-9-17-14(16-5-2)18-13-15(3)8-7-11-20-15;/h4-13H2,1-3H3,(H2,16,17,18);1H. The minimum atomic E-state index is -0.0834. The predicted octanol–water partition coefficient (Wildman–Crippen LogP) is 2.55. The van der Waals surface area contributed by atoms with E-state index in [9.17, 15) is 0 Å². The zero-order chi connectivity index (χ0) is 14.7. The van der Waals surface area contributed by atoms with E-state index < -0.39 is 0 Å². The lowest BCUT2D eigenvalue weighted by Crippen LogP contribution is -2.40. The molecule has 0 bridgehead atoms. The number of aliphatic imine (C=N–C) groups is 1. The third-order valence-electron chi connectivity index (χ3n) is 3.40. The fraction of sp³-hybridized carbons (Fsp3) is 0.933. The van der Waals surface area contributed by atoms with Crippen molar-refractivity contribution in [2.45, 2.75) is 52.1 Å². The summed E-state index contributed by atoms with van der Waals surface area (Å²) in [6.45, 7) is 11.2. The zero-order valence-corrected chi connectivity index (χ0v) is 16.1. The maximum absolute atomic E-state index is 5.75. The first kappa shape index (κ1) is 20.9. The maximum atomic E-state index is 5.75. The van der Waals surface area contributed by atoms with Crippen LogP contribution >= 0.6 is 24.0 Å². The Bertz CT molecular complexity index is 282. The van der Waals surface area contributed by atoms with Crippen LogP contribution in [0.4, 0.5) is 0 Å². The topological polar surface area (TPSA) is 54.9 Å². The lowest BCUT2D eigenvalue weighted by molar-refractivity contribution is 0.0283. The van der Waals surface area contributed by atoms with Crippen LogP contribution in [0.5, 0.6) is 0 Å². The number of guanidine groups is 1. The number of nitrogens with one attached hydrogen (secondary N) is 2. The molecule has 0 saturated carbocycles. The van der Waals surface area contributed by atoms with Crippen molar-refractivity contribution in [2.75, 3.05) is 39.5 Å². The van der Waals surface area contributed by atoms with Gasteiger partial charge in [-0.1, -0.05) is 13.3 Å². The molecule has 1 saturated heterocycles. The monoisotopic (exact) mass is 413 g/mol. The van der Waals surface area contributed by atoms with Crippen LogP contribution in [0.3, 0.4) is 0 Å². The highest BCUT2D eigenvalue weighted by molar-refractivity contribution is 14.0. The van der Waals surface area contributed by atoms with Gasteiger partial charge in [0.05, 0.1) is 18.8 Å². The first-order chi connectivity index (χ1) is 9.70. The van der Waals surface area contributed by atoms with Crippen molar-refractivity contribution in [1.29, 1.82) is 0 Å². The van der Waals surface area contributed by atoms with E-state index in [4.69, 9.17) is 9.47 Å². The van der Waals surface area contributed by atoms with Gasteiger partial charge in [0.1, 0.15) is 0 Å². The van der Waals surface area contributed by atoms with Gasteiger partial charge in [-0.25, -0.2) is 0 Å². The molecule has 0 radical (unpaired) electrons. The maximum Gasteiger partial charge on any atom is 0.191 e. The average molecular weight is 413 g/mol. The van der Waals surface area contributed by atoms with Gasteiger partial charge in [-0.3, -0.25) is 4.99 Å². The Hall–Kier alpha value is -0.0800. The normalized spacial score (nSPS) is 22.0. The van der Waals surface area contributed by atoms with E-state index in [2.05, 4.69) is 36.4 Å². The van der Waals surface area contributed by atoms with Gasteiger partial charge in [0, 0.05) is 26.3 Å². The molecule has 6 heteroatoms. The molecule has 0 aromatic heterocycles. The van der Waals surface area contributed by atoms with Crippen molar-refractivity contribution in [2.24, 2.45) is 4.99 Å². The molecule has 0 aliphatic carbocycles. The highest BCUT2D eigenvalue weighted by Gasteiger charge is 2.29. The number of hydrogen-bond acceptors (Lipinski definition) is 3. The zero-order valence-electron chi connectivity index (χ0n) is 13.7. The highest BCUT2D eigenvalue weighted by atomic mass is 127. The lowest BCUT2D eigenvalue weighted by atomic mass is 10.0. The van der Waals surface area contributed by atoms with Crippen LogP contribution in [0.1, 0.15) is 46.5 Å². The summed E-state index contributed by atoms with van der Waals surface area (Å²) < 4.78 is 11.3. The molecule has 1 heterocycles. The van der Waals surface area contributed by atoms with Gasteiger partial charge < -0.3 is 20.1 Å². The summed E-state index contributed by atoms with van der Waals surface area (Å²) >= 11 is 0. The quantitative estimate of drug-likeness (QED) is 0.264. The van der Waals surface area contributed by atoms with E-state index in [1.54, 1.807) is 0 Å². The van der Waals surface area contributed by atoms with Crippen molar-refractivity contribution in [3.63, 3.8) is 0 Å². The van der Waals surface area contributed by atoms with E-state index in [1.165, 1.54) is 6.42 Å². The van der Waals surface area contributed by atoms with Gasteiger partial charge in [0.25, 0.3) is 0 Å². The summed E-state index contributed by atoms with van der Waals surface area (Å²) in [5.41, 5.74) is -0.0834. The Kier molecular flexibility index (Phi) is 12.4. The Balaban J connectivity index is 0.00000400. The smallest absolute Gasteiger partial charge is 0.191 e. The molecule has 1 aliphatic rings. The molecule has 1 fully saturated rings. The Morgan fingerprint density at radius 3 is 2.71 bits per heavy atom. The number of nitrogens with zero attached hydrogens (tertiary/aromatic N) is 1. The number of rotatable bonds is 9. The largest absolute Gasteiger partial charge is 0.380 e. The average Bonchev–Trinajstić information content (AvgIpc) is 2.87. The van der Waals surface area contributed by atoms with Crippen molar-refractivity contribution in [3.8, 4) is 0 Å². The molecule has 126 valence electrons. The molecular weight excluding hydrogens is 381 g/mol. The summed E-state index contributed by atoms with van der Waals surface area (Å²) in [7, 11) is 0. The Labute approximate surface area is 146 Å². The van der Waals surface area contributed by atoms with Crippen molar-refractivity contribution in [1.82, 2.24) is 10.6 Å². The molecule has 1 aliphatic heterocycles. The van der Waals surface area contributed by atoms with Crippen LogP contribution in [-0.2, 0) is 9.47 Å². The summed E-state index contributed by atoms with van der Waals surface area (Å²) in [4.78, 5) is 4.62. The number of hydrogen-bond donors (Lipinski definition) is 2. The van der Waals surface area contributed by atoms with E-state index in [1.807, 2.05) is 0 Å². The van der Waals surface area contributed by atoms with E-state index in [0.717, 1.165) is 58.1 Å². The van der Waals surface area contributed by atoms with Gasteiger partial charge in [-0.05, 0) is 33.1 Å². The minimum Gasteiger partial charge on any atom is -0.380 e. The van der Waals surface area contributed by atoms with Crippen LogP contribution in [-0.4, -0.2) is 51.0 Å². The second-order valence-corrected chi connectivity index (χ2v) is 5.49. The summed E-state index contributed by atoms with van der Waals surface area (Å²) in [5, 5.41) is 6.55. The molecule has 0 aromatic carbocycles. The molecule has 0 amide bonds. The molecule has 21 heavy (non-hydrogen) atoms. The lowest BCUT2D eigenvalue weighted by Gasteiger charge is -2.21. The first-order valence-electron chi connectivity index (χ1n) is 7.94. The number of halogens is 1. The predicted molar refractivity (Wildman–Crippen MR) is 98.7 cm³/mol. The number of ether oxygens (including phenoxy) is 2. The van der Waals surface area contributed by atoms with Gasteiger partial charge in [0.15, 0.2) is 5.96 Å². The van der Waals surface area contributed by atoms with Crippen LogP contribution in [0.15, 0.2) is 4.99 Å².